The molecule has 1 aliphatic heterocycles. The van der Waals surface area contributed by atoms with E-state index in [4.69, 9.17) is 6.42 Å². The van der Waals surface area contributed by atoms with Crippen LogP contribution in [0.5, 0.6) is 0 Å². The normalized spacial score (nSPS) is 19.6. The minimum absolute atomic E-state index is 0.0579. The van der Waals surface area contributed by atoms with E-state index in [-0.39, 0.29) is 6.04 Å². The Bertz CT molecular complexity index is 216. The van der Waals surface area contributed by atoms with Crippen molar-refractivity contribution in [2.24, 2.45) is 0 Å². The van der Waals surface area contributed by atoms with Crippen LogP contribution in [0.4, 0.5) is 0 Å². The summed E-state index contributed by atoms with van der Waals surface area (Å²) in [7, 11) is 0. The number of rotatable bonds is 3. The first-order valence-electron chi connectivity index (χ1n) is 4.23. The van der Waals surface area contributed by atoms with E-state index >= 15 is 0 Å². The lowest BCUT2D eigenvalue weighted by molar-refractivity contribution is 0.288. The van der Waals surface area contributed by atoms with Gasteiger partial charge in [0.2, 0.25) is 0 Å². The average molecular weight is 162 g/mol. The first kappa shape index (κ1) is 9.06. The Kier molecular flexibility index (Phi) is 3.60. The van der Waals surface area contributed by atoms with Gasteiger partial charge >= 0.3 is 0 Å². The van der Waals surface area contributed by atoms with E-state index in [1.54, 1.807) is 5.94 Å². The van der Waals surface area contributed by atoms with Gasteiger partial charge in [0, 0.05) is 18.5 Å². The van der Waals surface area contributed by atoms with Gasteiger partial charge in [0.15, 0.2) is 0 Å². The highest BCUT2D eigenvalue weighted by Gasteiger charge is 2.18. The van der Waals surface area contributed by atoms with Gasteiger partial charge in [-0.25, -0.2) is 4.79 Å². The van der Waals surface area contributed by atoms with Crippen LogP contribution in [0.1, 0.15) is 19.3 Å². The number of carbonyl (C=O) groups excluding carboxylic acids is 1. The fourth-order valence-electron chi connectivity index (χ4n) is 1.55. The zero-order valence-electron chi connectivity index (χ0n) is 7.05. The van der Waals surface area contributed by atoms with Crippen LogP contribution in [-0.2, 0) is 4.79 Å². The molecule has 0 amide bonds. The Labute approximate surface area is 73.2 Å². The van der Waals surface area contributed by atoms with Crippen molar-refractivity contribution in [1.29, 1.82) is 0 Å². The predicted octanol–water partition coefficient (Wildman–Crippen LogP) is 0.818. The molecule has 0 aromatic carbocycles. The highest BCUT2D eigenvalue weighted by molar-refractivity contribution is 5.46. The molecule has 1 heterocycles. The van der Waals surface area contributed by atoms with Crippen molar-refractivity contribution >= 4 is 5.94 Å². The molecule has 2 heteroatoms. The van der Waals surface area contributed by atoms with Crippen molar-refractivity contribution in [2.45, 2.75) is 25.3 Å². The van der Waals surface area contributed by atoms with Crippen LogP contribution in [0.15, 0.2) is 6.08 Å². The Morgan fingerprint density at radius 3 is 2.67 bits per heavy atom. The van der Waals surface area contributed by atoms with Crippen molar-refractivity contribution in [3.63, 3.8) is 0 Å². The molecule has 0 aromatic rings. The lowest BCUT2D eigenvalue weighted by Gasteiger charge is -2.21. The van der Waals surface area contributed by atoms with Crippen LogP contribution in [0.3, 0.4) is 0 Å². The van der Waals surface area contributed by atoms with E-state index < -0.39 is 0 Å². The summed E-state index contributed by atoms with van der Waals surface area (Å²) in [5, 5.41) is 0. The summed E-state index contributed by atoms with van der Waals surface area (Å²) in [6, 6.07) is 0.0579. The number of hydrogen-bond donors (Lipinski definition) is 0. The van der Waals surface area contributed by atoms with Gasteiger partial charge < -0.3 is 0 Å². The van der Waals surface area contributed by atoms with Gasteiger partial charge in [0.1, 0.15) is 5.94 Å². The second-order valence-electron chi connectivity index (χ2n) is 2.98. The lowest BCUT2D eigenvalue weighted by Crippen LogP contribution is -2.30. The van der Waals surface area contributed by atoms with Crippen LogP contribution in [-0.4, -0.2) is 30.0 Å². The van der Waals surface area contributed by atoms with Gasteiger partial charge in [-0.3, -0.25) is 4.90 Å². The van der Waals surface area contributed by atoms with Gasteiger partial charge in [-0.05, 0) is 32.4 Å². The zero-order chi connectivity index (χ0) is 8.81. The van der Waals surface area contributed by atoms with Gasteiger partial charge in [-0.1, -0.05) is 5.92 Å². The Hall–Kier alpha value is -1.03. The quantitative estimate of drug-likeness (QED) is 0.452. The van der Waals surface area contributed by atoms with E-state index in [1.807, 2.05) is 0 Å². The molecule has 0 bridgehead atoms. The highest BCUT2D eigenvalue weighted by atomic mass is 16.1. The smallest absolute Gasteiger partial charge is 0.121 e. The molecule has 0 aromatic heterocycles. The minimum Gasteiger partial charge on any atom is -0.295 e. The lowest BCUT2D eigenvalue weighted by atomic mass is 10.2. The monoisotopic (exact) mass is 162 g/mol. The fraction of sp³-hybridized carbons (Fsp3) is 0.600. The minimum atomic E-state index is 0.0579. The molecule has 63 valence electrons. The van der Waals surface area contributed by atoms with Crippen LogP contribution in [0.25, 0.3) is 0 Å². The van der Waals surface area contributed by atoms with E-state index in [9.17, 15) is 4.79 Å². The maximum Gasteiger partial charge on any atom is 0.121 e. The second-order valence-corrected chi connectivity index (χ2v) is 2.98. The topological polar surface area (TPSA) is 20.3 Å². The zero-order valence-corrected chi connectivity index (χ0v) is 7.05. The third kappa shape index (κ3) is 2.23. The molecule has 1 unspecified atom stereocenters. The third-order valence-corrected chi connectivity index (χ3v) is 2.18. The number of nitrogens with zero attached hydrogens (tertiary/aromatic N) is 1. The third-order valence-electron chi connectivity index (χ3n) is 2.18. The summed E-state index contributed by atoms with van der Waals surface area (Å²) < 4.78 is 0. The van der Waals surface area contributed by atoms with E-state index in [0.29, 0.717) is 6.42 Å². The maximum atomic E-state index is 10.2. The molecule has 2 nitrogen and oxygen atoms in total. The summed E-state index contributed by atoms with van der Waals surface area (Å²) in [5.74, 6) is 4.12. The summed E-state index contributed by atoms with van der Waals surface area (Å²) in [6.45, 7) is 2.06. The maximum absolute atomic E-state index is 10.2. The van der Waals surface area contributed by atoms with Crippen molar-refractivity contribution in [1.82, 2.24) is 4.90 Å². The Morgan fingerprint density at radius 2 is 2.17 bits per heavy atom. The van der Waals surface area contributed by atoms with Crippen LogP contribution in [0, 0.1) is 12.3 Å². The van der Waals surface area contributed by atoms with Crippen molar-refractivity contribution in [3.8, 4) is 5.92 Å². The molecular weight excluding hydrogens is 150 g/mol. The first-order chi connectivity index (χ1) is 5.88. The molecule has 0 spiro atoms. The van der Waals surface area contributed by atoms with Crippen molar-refractivity contribution in [3.05, 3.63) is 12.5 Å². The van der Waals surface area contributed by atoms with Gasteiger partial charge in [-0.2, -0.15) is 0 Å². The van der Waals surface area contributed by atoms with E-state index in [1.165, 1.54) is 18.9 Å². The summed E-state index contributed by atoms with van der Waals surface area (Å²) in [6.07, 6.45) is 11.2. The standard InChI is InChI=1S/C10H12NO/c1-2-5-10(6-9-12)11-7-3-4-8-11/h6,10H,3-5,7-8H2. The largest absolute Gasteiger partial charge is 0.295 e. The van der Waals surface area contributed by atoms with Crippen molar-refractivity contribution in [2.75, 3.05) is 13.1 Å². The summed E-state index contributed by atoms with van der Waals surface area (Å²) in [5.41, 5.74) is 0. The number of hydrogen-bond acceptors (Lipinski definition) is 2. The molecule has 1 fully saturated rings. The predicted molar refractivity (Wildman–Crippen MR) is 46.6 cm³/mol. The summed E-state index contributed by atoms with van der Waals surface area (Å²) in [4.78, 5) is 12.4. The molecule has 1 radical (unpaired) electrons. The SMILES string of the molecule is [C]#CCC(C=C=O)N1CCCC1. The molecule has 1 rings (SSSR count). The number of likely N-dealkylation sites (tertiary alicyclic amines) is 1. The molecular formula is C10H12NO. The van der Waals surface area contributed by atoms with Crippen LogP contribution in [0.2, 0.25) is 0 Å². The van der Waals surface area contributed by atoms with Gasteiger partial charge in [0.05, 0.1) is 0 Å². The second kappa shape index (κ2) is 4.77. The van der Waals surface area contributed by atoms with E-state index in [2.05, 4.69) is 10.8 Å². The summed E-state index contributed by atoms with van der Waals surface area (Å²) >= 11 is 0. The molecule has 0 aliphatic carbocycles. The molecule has 1 aliphatic rings. The molecule has 1 saturated heterocycles. The van der Waals surface area contributed by atoms with Gasteiger partial charge in [0.25, 0.3) is 0 Å². The Morgan fingerprint density at radius 1 is 1.50 bits per heavy atom. The van der Waals surface area contributed by atoms with Crippen LogP contribution < -0.4 is 0 Å². The molecule has 12 heavy (non-hydrogen) atoms. The van der Waals surface area contributed by atoms with Crippen molar-refractivity contribution < 1.29 is 4.79 Å². The average Bonchev–Trinajstić information content (AvgIpc) is 2.56. The van der Waals surface area contributed by atoms with E-state index in [0.717, 1.165) is 13.1 Å². The molecule has 1 atom stereocenters. The van der Waals surface area contributed by atoms with Gasteiger partial charge in [-0.15, -0.1) is 0 Å². The Balaban J connectivity index is 2.52. The molecule has 0 saturated carbocycles. The highest BCUT2D eigenvalue weighted by Crippen LogP contribution is 2.13. The fourth-order valence-corrected chi connectivity index (χ4v) is 1.55. The first-order valence-corrected chi connectivity index (χ1v) is 4.23. The molecule has 0 N–H and O–H groups in total. The van der Waals surface area contributed by atoms with Crippen LogP contribution >= 0.6 is 0 Å².